The number of fused-ring (bicyclic) bond motifs is 1. The fourth-order valence-corrected chi connectivity index (χ4v) is 4.95. The number of hydrogen-bond donors (Lipinski definition) is 1. The van der Waals surface area contributed by atoms with Crippen molar-refractivity contribution in [1.82, 2.24) is 5.43 Å². The Morgan fingerprint density at radius 2 is 2.03 bits per heavy atom. The summed E-state index contributed by atoms with van der Waals surface area (Å²) in [4.78, 5) is 12.4. The van der Waals surface area contributed by atoms with Gasteiger partial charge in [0.15, 0.2) is 5.76 Å². The van der Waals surface area contributed by atoms with Crippen LogP contribution in [0.25, 0.3) is 11.0 Å². The molecule has 1 N–H and O–H groups in total. The molecule has 4 aromatic rings. The van der Waals surface area contributed by atoms with E-state index in [0.717, 1.165) is 20.1 Å². The maximum Gasteiger partial charge on any atom is 0.307 e. The zero-order chi connectivity index (χ0) is 24.1. The van der Waals surface area contributed by atoms with Crippen molar-refractivity contribution in [2.75, 3.05) is 6.61 Å². The molecule has 9 heteroatoms. The summed E-state index contributed by atoms with van der Waals surface area (Å²) in [5, 5.41) is 4.81. The van der Waals surface area contributed by atoms with E-state index in [1.807, 2.05) is 25.1 Å². The molecule has 0 saturated heterocycles. The van der Waals surface area contributed by atoms with Crippen molar-refractivity contribution in [3.05, 3.63) is 91.4 Å². The van der Waals surface area contributed by atoms with E-state index in [1.165, 1.54) is 18.3 Å². The van der Waals surface area contributed by atoms with Crippen LogP contribution < -0.4 is 14.9 Å². The first-order valence-electron chi connectivity index (χ1n) is 10.3. The van der Waals surface area contributed by atoms with E-state index in [4.69, 9.17) is 13.9 Å². The highest BCUT2D eigenvalue weighted by Crippen LogP contribution is 2.32. The number of rotatable bonds is 8. The van der Waals surface area contributed by atoms with Crippen LogP contribution in [0.1, 0.15) is 28.6 Å². The third kappa shape index (κ3) is 5.95. The van der Waals surface area contributed by atoms with Crippen LogP contribution in [0.3, 0.4) is 0 Å². The van der Waals surface area contributed by atoms with Crippen molar-refractivity contribution in [3.8, 4) is 11.5 Å². The maximum atomic E-state index is 13.4. The smallest absolute Gasteiger partial charge is 0.307 e. The molecule has 0 spiro atoms. The predicted octanol–water partition coefficient (Wildman–Crippen LogP) is 6.68. The summed E-state index contributed by atoms with van der Waals surface area (Å²) in [6.45, 7) is 2.70. The van der Waals surface area contributed by atoms with Crippen molar-refractivity contribution in [2.24, 2.45) is 5.10 Å². The number of benzene rings is 3. The summed E-state index contributed by atoms with van der Waals surface area (Å²) in [7, 11) is 0. The number of nitrogens with one attached hydrogen (secondary N) is 1. The Morgan fingerprint density at radius 1 is 1.18 bits per heavy atom. The van der Waals surface area contributed by atoms with Gasteiger partial charge in [0.1, 0.15) is 29.5 Å². The molecule has 0 fully saturated rings. The van der Waals surface area contributed by atoms with E-state index in [9.17, 15) is 9.18 Å². The van der Waals surface area contributed by atoms with Crippen molar-refractivity contribution in [2.45, 2.75) is 13.5 Å². The lowest BCUT2D eigenvalue weighted by atomic mass is 10.2. The van der Waals surface area contributed by atoms with Crippen molar-refractivity contribution in [3.63, 3.8) is 0 Å². The van der Waals surface area contributed by atoms with Gasteiger partial charge in [-0.15, -0.1) is 0 Å². The minimum absolute atomic E-state index is 0.151. The SMILES string of the molecule is CCOc1ccc2oc(C(=O)N/N=C/c3cc(Br)c(OCc4cccc(F)c4)c(I)c3)cc2c1. The number of nitrogens with zero attached hydrogens (tertiary/aromatic N) is 1. The molecule has 4 rings (SSSR count). The minimum atomic E-state index is -0.464. The Balaban J connectivity index is 1.40. The van der Waals surface area contributed by atoms with Crippen LogP contribution in [0.4, 0.5) is 4.39 Å². The van der Waals surface area contributed by atoms with Crippen LogP contribution in [-0.2, 0) is 6.61 Å². The summed E-state index contributed by atoms with van der Waals surface area (Å²) in [6.07, 6.45) is 1.52. The Morgan fingerprint density at radius 3 is 2.79 bits per heavy atom. The lowest BCUT2D eigenvalue weighted by Gasteiger charge is -2.11. The number of ether oxygens (including phenoxy) is 2. The Hall–Kier alpha value is -2.92. The van der Waals surface area contributed by atoms with Crippen LogP contribution in [0, 0.1) is 9.39 Å². The lowest BCUT2D eigenvalue weighted by molar-refractivity contribution is 0.0929. The maximum absolute atomic E-state index is 13.4. The van der Waals surface area contributed by atoms with Crippen LogP contribution in [-0.4, -0.2) is 18.7 Å². The predicted molar refractivity (Wildman–Crippen MR) is 140 cm³/mol. The van der Waals surface area contributed by atoms with E-state index in [1.54, 1.807) is 30.3 Å². The summed E-state index contributed by atoms with van der Waals surface area (Å²) < 4.78 is 31.8. The average Bonchev–Trinajstić information content (AvgIpc) is 3.22. The topological polar surface area (TPSA) is 73.1 Å². The molecule has 1 amide bonds. The molecule has 34 heavy (non-hydrogen) atoms. The molecule has 1 heterocycles. The van der Waals surface area contributed by atoms with Gasteiger partial charge in [0.05, 0.1) is 20.9 Å². The van der Waals surface area contributed by atoms with Gasteiger partial charge in [-0.2, -0.15) is 5.10 Å². The van der Waals surface area contributed by atoms with Gasteiger partial charge >= 0.3 is 5.91 Å². The molecule has 0 atom stereocenters. The Bertz CT molecular complexity index is 1350. The van der Waals surface area contributed by atoms with Crippen LogP contribution >= 0.6 is 38.5 Å². The third-order valence-corrected chi connectivity index (χ3v) is 6.09. The van der Waals surface area contributed by atoms with Crippen molar-refractivity contribution in [1.29, 1.82) is 0 Å². The van der Waals surface area contributed by atoms with Crippen LogP contribution in [0.15, 0.2) is 74.7 Å². The fourth-order valence-electron chi connectivity index (χ4n) is 3.18. The summed E-state index contributed by atoms with van der Waals surface area (Å²) in [5.41, 5.74) is 4.55. The highest BCUT2D eigenvalue weighted by molar-refractivity contribution is 14.1. The molecule has 3 aromatic carbocycles. The standard InChI is InChI=1S/C25H19BrFIN2O4/c1-2-32-19-6-7-22-17(11-19)12-23(34-22)25(31)30-29-13-16-9-20(26)24(21(28)10-16)33-14-15-4-3-5-18(27)8-15/h3-13H,2,14H2,1H3,(H,30,31)/b29-13+. The molecule has 0 unspecified atom stereocenters. The van der Waals surface area contributed by atoms with Crippen molar-refractivity contribution >= 4 is 61.6 Å². The molecule has 0 radical (unpaired) electrons. The van der Waals surface area contributed by atoms with Gasteiger partial charge in [-0.25, -0.2) is 9.82 Å². The van der Waals surface area contributed by atoms with Gasteiger partial charge < -0.3 is 13.9 Å². The normalized spacial score (nSPS) is 11.2. The summed E-state index contributed by atoms with van der Waals surface area (Å²) in [5.74, 6) is 0.734. The zero-order valence-corrected chi connectivity index (χ0v) is 21.7. The first kappa shape index (κ1) is 24.2. The largest absolute Gasteiger partial charge is 0.494 e. The summed E-state index contributed by atoms with van der Waals surface area (Å²) in [6, 6.07) is 17.0. The Labute approximate surface area is 217 Å². The van der Waals surface area contributed by atoms with E-state index in [0.29, 0.717) is 28.2 Å². The third-order valence-electron chi connectivity index (χ3n) is 4.70. The van der Waals surface area contributed by atoms with E-state index in [2.05, 4.69) is 49.0 Å². The molecular formula is C25H19BrFIN2O4. The molecule has 174 valence electrons. The molecule has 0 bridgehead atoms. The minimum Gasteiger partial charge on any atom is -0.494 e. The number of furan rings is 1. The monoisotopic (exact) mass is 636 g/mol. The molecule has 0 aliphatic heterocycles. The second kappa shape index (κ2) is 11.0. The highest BCUT2D eigenvalue weighted by Gasteiger charge is 2.13. The number of hydrazone groups is 1. The van der Waals surface area contributed by atoms with E-state index in [-0.39, 0.29) is 18.2 Å². The van der Waals surface area contributed by atoms with Gasteiger partial charge in [0, 0.05) is 5.39 Å². The van der Waals surface area contributed by atoms with Gasteiger partial charge in [-0.3, -0.25) is 4.79 Å². The number of hydrogen-bond acceptors (Lipinski definition) is 5. The molecule has 1 aromatic heterocycles. The van der Waals surface area contributed by atoms with Gasteiger partial charge in [0.25, 0.3) is 0 Å². The first-order chi connectivity index (χ1) is 16.4. The highest BCUT2D eigenvalue weighted by atomic mass is 127. The average molecular weight is 637 g/mol. The summed E-state index contributed by atoms with van der Waals surface area (Å²) >= 11 is 5.65. The van der Waals surface area contributed by atoms with Gasteiger partial charge in [-0.05, 0) is 105 Å². The first-order valence-corrected chi connectivity index (χ1v) is 12.2. The number of carbonyl (C=O) groups is 1. The van der Waals surface area contributed by atoms with E-state index < -0.39 is 5.91 Å². The fraction of sp³-hybridized carbons (Fsp3) is 0.120. The Kier molecular flexibility index (Phi) is 7.84. The molecule has 0 saturated carbocycles. The number of halogens is 3. The lowest BCUT2D eigenvalue weighted by Crippen LogP contribution is -2.16. The molecule has 0 aliphatic carbocycles. The molecular weight excluding hydrogens is 618 g/mol. The second-order valence-electron chi connectivity index (χ2n) is 7.17. The van der Waals surface area contributed by atoms with Gasteiger partial charge in [-0.1, -0.05) is 12.1 Å². The molecule has 6 nitrogen and oxygen atoms in total. The van der Waals surface area contributed by atoms with E-state index >= 15 is 0 Å². The second-order valence-corrected chi connectivity index (χ2v) is 9.19. The molecule has 0 aliphatic rings. The number of carbonyl (C=O) groups excluding carboxylic acids is 1. The number of amides is 1. The van der Waals surface area contributed by atoms with Crippen LogP contribution in [0.2, 0.25) is 0 Å². The zero-order valence-electron chi connectivity index (χ0n) is 18.0. The quantitative estimate of drug-likeness (QED) is 0.133. The van der Waals surface area contributed by atoms with Gasteiger partial charge in [0.2, 0.25) is 0 Å². The van der Waals surface area contributed by atoms with Crippen molar-refractivity contribution < 1.29 is 23.1 Å². The van der Waals surface area contributed by atoms with Crippen LogP contribution in [0.5, 0.6) is 11.5 Å².